The van der Waals surface area contributed by atoms with E-state index in [9.17, 15) is 9.90 Å². The van der Waals surface area contributed by atoms with Crippen LogP contribution in [0.2, 0.25) is 5.02 Å². The summed E-state index contributed by atoms with van der Waals surface area (Å²) in [5, 5.41) is 16.6. The standard InChI is InChI=1S/C22H27ClN2O4/c1-25-19-15(9-5-10-16(19)23)22(27)12-17(24-21(22)29-25)20(26)28-18-11-4-7-13-6-2-3-8-14(13)18/h5,8-10,13,17-18,21,24,27H,2-4,6-7,11-12H2,1H3/t13?,17-,18?,21+,22+/m0/s1. The van der Waals surface area contributed by atoms with E-state index in [1.807, 2.05) is 6.07 Å². The largest absolute Gasteiger partial charge is 0.457 e. The number of benzene rings is 1. The molecule has 0 radical (unpaired) electrons. The van der Waals surface area contributed by atoms with E-state index in [0.717, 1.165) is 19.3 Å². The highest BCUT2D eigenvalue weighted by Gasteiger charge is 2.55. The highest BCUT2D eigenvalue weighted by molar-refractivity contribution is 6.33. The number of esters is 1. The fourth-order valence-corrected chi connectivity index (χ4v) is 5.74. The van der Waals surface area contributed by atoms with Crippen LogP contribution in [0, 0.1) is 5.92 Å². The number of aliphatic hydroxyl groups is 1. The topological polar surface area (TPSA) is 71.0 Å². The average molecular weight is 419 g/mol. The molecule has 2 unspecified atom stereocenters. The SMILES string of the molecule is CN1O[C@H]2N[C@H](C(=O)OC3CCCC4CCCC=C43)C[C@@]2(O)c2cccc(Cl)c21. The molecule has 0 spiro atoms. The Labute approximate surface area is 175 Å². The Morgan fingerprint density at radius 3 is 3.03 bits per heavy atom. The third kappa shape index (κ3) is 3.17. The van der Waals surface area contributed by atoms with Gasteiger partial charge < -0.3 is 9.84 Å². The van der Waals surface area contributed by atoms with Crippen molar-refractivity contribution in [1.29, 1.82) is 0 Å². The van der Waals surface area contributed by atoms with Crippen molar-refractivity contribution in [3.8, 4) is 0 Å². The number of allylic oxidation sites excluding steroid dienone is 1. The summed E-state index contributed by atoms with van der Waals surface area (Å²) in [7, 11) is 1.75. The van der Waals surface area contributed by atoms with Crippen molar-refractivity contribution < 1.29 is 19.5 Å². The number of carbonyl (C=O) groups is 1. The van der Waals surface area contributed by atoms with E-state index in [4.69, 9.17) is 21.2 Å². The number of hydrogen-bond acceptors (Lipinski definition) is 6. The molecule has 2 aliphatic heterocycles. The average Bonchev–Trinajstić information content (AvgIpc) is 3.06. The zero-order valence-corrected chi connectivity index (χ0v) is 17.3. The molecule has 156 valence electrons. The first-order chi connectivity index (χ1) is 14.0. The van der Waals surface area contributed by atoms with E-state index in [1.54, 1.807) is 24.2 Å². The molecule has 1 saturated carbocycles. The summed E-state index contributed by atoms with van der Waals surface area (Å²) in [6.45, 7) is 0. The maximum Gasteiger partial charge on any atom is 0.323 e. The smallest absolute Gasteiger partial charge is 0.323 e. The molecule has 1 saturated heterocycles. The molecule has 7 heteroatoms. The Bertz CT molecular complexity index is 859. The van der Waals surface area contributed by atoms with E-state index in [1.165, 1.54) is 24.8 Å². The lowest BCUT2D eigenvalue weighted by Crippen LogP contribution is -2.51. The molecule has 2 fully saturated rings. The summed E-state index contributed by atoms with van der Waals surface area (Å²) in [4.78, 5) is 18.9. The third-order valence-corrected chi connectivity index (χ3v) is 7.18. The molecule has 5 atom stereocenters. The summed E-state index contributed by atoms with van der Waals surface area (Å²) in [6, 6.07) is 4.77. The van der Waals surface area contributed by atoms with Gasteiger partial charge in [-0.25, -0.2) is 0 Å². The van der Waals surface area contributed by atoms with Crippen LogP contribution in [-0.4, -0.2) is 36.5 Å². The number of nitrogens with one attached hydrogen (secondary N) is 1. The van der Waals surface area contributed by atoms with Gasteiger partial charge in [-0.2, -0.15) is 0 Å². The summed E-state index contributed by atoms with van der Waals surface area (Å²) in [5.41, 5.74) is 1.26. The molecule has 29 heavy (non-hydrogen) atoms. The van der Waals surface area contributed by atoms with Gasteiger partial charge in [-0.1, -0.05) is 29.8 Å². The van der Waals surface area contributed by atoms with Crippen LogP contribution in [-0.2, 0) is 20.0 Å². The van der Waals surface area contributed by atoms with Crippen LogP contribution in [0.4, 0.5) is 5.69 Å². The maximum absolute atomic E-state index is 13.0. The second kappa shape index (κ2) is 7.27. The van der Waals surface area contributed by atoms with Crippen LogP contribution < -0.4 is 10.4 Å². The number of hydroxylamine groups is 1. The number of rotatable bonds is 2. The molecular weight excluding hydrogens is 392 g/mol. The molecule has 1 aromatic carbocycles. The number of hydrogen-bond donors (Lipinski definition) is 2. The normalized spacial score (nSPS) is 36.0. The monoisotopic (exact) mass is 418 g/mol. The van der Waals surface area contributed by atoms with Crippen molar-refractivity contribution in [2.24, 2.45) is 5.92 Å². The molecular formula is C22H27ClN2O4. The zero-order valence-electron chi connectivity index (χ0n) is 16.6. The summed E-state index contributed by atoms with van der Waals surface area (Å²) >= 11 is 6.33. The van der Waals surface area contributed by atoms with Crippen molar-refractivity contribution in [2.75, 3.05) is 12.1 Å². The van der Waals surface area contributed by atoms with Crippen molar-refractivity contribution in [3.63, 3.8) is 0 Å². The molecule has 0 amide bonds. The van der Waals surface area contributed by atoms with Crippen LogP contribution in [0.1, 0.15) is 50.5 Å². The second-order valence-corrected chi connectivity index (χ2v) is 9.06. The summed E-state index contributed by atoms with van der Waals surface area (Å²) in [5.74, 6) is 0.240. The van der Waals surface area contributed by atoms with E-state index in [0.29, 0.717) is 22.2 Å². The Hall–Kier alpha value is -1.60. The van der Waals surface area contributed by atoms with Crippen LogP contribution in [0.15, 0.2) is 29.8 Å². The first kappa shape index (κ1) is 19.4. The highest BCUT2D eigenvalue weighted by Crippen LogP contribution is 2.47. The fraction of sp³-hybridized carbons (Fsp3) is 0.591. The quantitative estimate of drug-likeness (QED) is 0.566. The minimum Gasteiger partial charge on any atom is -0.457 e. The number of nitrogens with zero attached hydrogens (tertiary/aromatic N) is 1. The highest BCUT2D eigenvalue weighted by atomic mass is 35.5. The number of halogens is 1. The van der Waals surface area contributed by atoms with Gasteiger partial charge in [-0.05, 0) is 56.1 Å². The predicted octanol–water partition coefficient (Wildman–Crippen LogP) is 3.42. The van der Waals surface area contributed by atoms with Gasteiger partial charge in [-0.3, -0.25) is 20.0 Å². The van der Waals surface area contributed by atoms with Crippen molar-refractivity contribution in [2.45, 2.75) is 68.9 Å². The van der Waals surface area contributed by atoms with Gasteiger partial charge in [0.25, 0.3) is 0 Å². The van der Waals surface area contributed by atoms with Gasteiger partial charge in [0.2, 0.25) is 0 Å². The Kier molecular flexibility index (Phi) is 4.86. The van der Waals surface area contributed by atoms with Crippen molar-refractivity contribution in [3.05, 3.63) is 40.4 Å². The molecule has 1 aromatic rings. The maximum atomic E-state index is 13.0. The van der Waals surface area contributed by atoms with E-state index < -0.39 is 17.9 Å². The minimum absolute atomic E-state index is 0.133. The fourth-order valence-electron chi connectivity index (χ4n) is 5.45. The van der Waals surface area contributed by atoms with Gasteiger partial charge in [-0.15, -0.1) is 0 Å². The van der Waals surface area contributed by atoms with Gasteiger partial charge in [0, 0.05) is 19.0 Å². The predicted molar refractivity (Wildman–Crippen MR) is 109 cm³/mol. The van der Waals surface area contributed by atoms with Crippen molar-refractivity contribution >= 4 is 23.3 Å². The van der Waals surface area contributed by atoms with Crippen LogP contribution >= 0.6 is 11.6 Å². The van der Waals surface area contributed by atoms with Crippen LogP contribution in [0.3, 0.4) is 0 Å². The van der Waals surface area contributed by atoms with Gasteiger partial charge in [0.15, 0.2) is 6.23 Å². The lowest BCUT2D eigenvalue weighted by Gasteiger charge is -2.40. The van der Waals surface area contributed by atoms with Crippen molar-refractivity contribution in [1.82, 2.24) is 5.32 Å². The Balaban J connectivity index is 1.35. The number of ether oxygens (including phenoxy) is 1. The number of carbonyl (C=O) groups excluding carboxylic acids is 1. The molecule has 0 aromatic heterocycles. The number of para-hydroxylation sites is 1. The van der Waals surface area contributed by atoms with E-state index in [2.05, 4.69) is 11.4 Å². The van der Waals surface area contributed by atoms with Gasteiger partial charge >= 0.3 is 5.97 Å². The molecule has 4 aliphatic rings. The minimum atomic E-state index is -1.34. The molecule has 2 aliphatic carbocycles. The summed E-state index contributed by atoms with van der Waals surface area (Å²) in [6.07, 6.45) is 8.25. The third-order valence-electron chi connectivity index (χ3n) is 6.88. The van der Waals surface area contributed by atoms with Gasteiger partial charge in [0.05, 0.1) is 10.7 Å². The Morgan fingerprint density at radius 1 is 1.34 bits per heavy atom. The number of anilines is 1. The second-order valence-electron chi connectivity index (χ2n) is 8.65. The van der Waals surface area contributed by atoms with Crippen LogP contribution in [0.25, 0.3) is 0 Å². The number of fused-ring (bicyclic) bond motifs is 4. The molecule has 2 N–H and O–H groups in total. The molecule has 6 nitrogen and oxygen atoms in total. The summed E-state index contributed by atoms with van der Waals surface area (Å²) < 4.78 is 5.96. The zero-order chi connectivity index (χ0) is 20.2. The van der Waals surface area contributed by atoms with E-state index in [-0.39, 0.29) is 18.5 Å². The van der Waals surface area contributed by atoms with Crippen LogP contribution in [0.5, 0.6) is 0 Å². The van der Waals surface area contributed by atoms with Gasteiger partial charge in [0.1, 0.15) is 17.7 Å². The first-order valence-corrected chi connectivity index (χ1v) is 10.9. The lowest BCUT2D eigenvalue weighted by molar-refractivity contribution is -0.151. The first-order valence-electron chi connectivity index (χ1n) is 10.6. The molecule has 0 bridgehead atoms. The molecule has 2 heterocycles. The molecule has 5 rings (SSSR count). The lowest BCUT2D eigenvalue weighted by atomic mass is 9.76. The Morgan fingerprint density at radius 2 is 2.17 bits per heavy atom. The van der Waals surface area contributed by atoms with E-state index >= 15 is 0 Å².